The van der Waals surface area contributed by atoms with E-state index in [2.05, 4.69) is 17.6 Å². The van der Waals surface area contributed by atoms with Crippen LogP contribution in [0.1, 0.15) is 44.6 Å². The van der Waals surface area contributed by atoms with Crippen molar-refractivity contribution in [3.63, 3.8) is 0 Å². The van der Waals surface area contributed by atoms with Gasteiger partial charge in [0.05, 0.1) is 11.1 Å². The minimum atomic E-state index is -0.517. The number of hydrogen-bond donors (Lipinski definition) is 2. The zero-order valence-corrected chi connectivity index (χ0v) is 18.3. The third-order valence-electron chi connectivity index (χ3n) is 4.70. The number of amides is 3. The van der Waals surface area contributed by atoms with Crippen LogP contribution in [-0.4, -0.2) is 33.3 Å². The molecule has 2 heterocycles. The van der Waals surface area contributed by atoms with E-state index in [1.54, 1.807) is 15.9 Å². The Bertz CT molecular complexity index is 964. The molecule has 1 aliphatic rings. The van der Waals surface area contributed by atoms with Crippen molar-refractivity contribution in [2.75, 3.05) is 5.75 Å². The maximum atomic E-state index is 13.1. The number of imide groups is 1. The van der Waals surface area contributed by atoms with Gasteiger partial charge in [-0.15, -0.1) is 11.3 Å². The Hall–Kier alpha value is -1.87. The van der Waals surface area contributed by atoms with Gasteiger partial charge < -0.3 is 5.32 Å². The van der Waals surface area contributed by atoms with Crippen molar-refractivity contribution >= 4 is 45.3 Å². The summed E-state index contributed by atoms with van der Waals surface area (Å²) in [6.45, 7) is 8.26. The molecule has 28 heavy (non-hydrogen) atoms. The summed E-state index contributed by atoms with van der Waals surface area (Å²) in [5.74, 6) is 0.230. The second-order valence-corrected chi connectivity index (χ2v) is 9.47. The van der Waals surface area contributed by atoms with E-state index in [0.29, 0.717) is 17.6 Å². The van der Waals surface area contributed by atoms with E-state index in [0.717, 1.165) is 35.0 Å². The molecule has 1 atom stereocenters. The van der Waals surface area contributed by atoms with Crippen LogP contribution in [0.15, 0.2) is 9.95 Å². The monoisotopic (exact) mass is 422 g/mol. The number of nitrogens with zero attached hydrogens (tertiary/aromatic N) is 2. The summed E-state index contributed by atoms with van der Waals surface area (Å²) >= 11 is 2.78. The summed E-state index contributed by atoms with van der Waals surface area (Å²) in [5.41, 5.74) is 1.14. The lowest BCUT2D eigenvalue weighted by atomic mass is 9.89. The fourth-order valence-corrected chi connectivity index (χ4v) is 5.67. The van der Waals surface area contributed by atoms with Gasteiger partial charge in [-0.2, -0.15) is 0 Å². The number of carbonyl (C=O) groups excluding carboxylic acids is 2. The van der Waals surface area contributed by atoms with Crippen LogP contribution in [0.2, 0.25) is 0 Å². The highest BCUT2D eigenvalue weighted by molar-refractivity contribution is 7.99. The first kappa shape index (κ1) is 20.9. The van der Waals surface area contributed by atoms with E-state index in [9.17, 15) is 14.4 Å². The van der Waals surface area contributed by atoms with E-state index < -0.39 is 11.9 Å². The molecule has 3 rings (SSSR count). The quantitative estimate of drug-likeness (QED) is 0.571. The Morgan fingerprint density at radius 2 is 2.14 bits per heavy atom. The average Bonchev–Trinajstić information content (AvgIpc) is 2.96. The first-order valence-electron chi connectivity index (χ1n) is 9.58. The Kier molecular flexibility index (Phi) is 6.44. The van der Waals surface area contributed by atoms with Gasteiger partial charge in [0.25, 0.3) is 5.56 Å². The molecule has 9 heteroatoms. The Morgan fingerprint density at radius 3 is 2.82 bits per heavy atom. The maximum absolute atomic E-state index is 13.1. The maximum Gasteiger partial charge on any atom is 0.321 e. The minimum Gasteiger partial charge on any atom is -0.336 e. The van der Waals surface area contributed by atoms with Crippen LogP contribution in [0.25, 0.3) is 10.2 Å². The summed E-state index contributed by atoms with van der Waals surface area (Å²) in [6.07, 6.45) is 3.02. The lowest BCUT2D eigenvalue weighted by molar-refractivity contribution is -0.117. The summed E-state index contributed by atoms with van der Waals surface area (Å²) in [4.78, 5) is 43.5. The van der Waals surface area contributed by atoms with Gasteiger partial charge in [-0.3, -0.25) is 19.5 Å². The molecule has 2 N–H and O–H groups in total. The van der Waals surface area contributed by atoms with E-state index >= 15 is 0 Å². The Balaban J connectivity index is 1.83. The molecule has 152 valence electrons. The fraction of sp³-hybridized carbons (Fsp3) is 0.579. The predicted octanol–water partition coefficient (Wildman–Crippen LogP) is 2.93. The molecular formula is C19H26N4O3S2. The second-order valence-electron chi connectivity index (χ2n) is 7.44. The predicted molar refractivity (Wildman–Crippen MR) is 113 cm³/mol. The number of urea groups is 1. The highest BCUT2D eigenvalue weighted by Crippen LogP contribution is 2.36. The van der Waals surface area contributed by atoms with E-state index in [4.69, 9.17) is 4.98 Å². The van der Waals surface area contributed by atoms with Gasteiger partial charge in [0.1, 0.15) is 4.83 Å². The highest BCUT2D eigenvalue weighted by atomic mass is 32.2. The number of thiophene rings is 1. The summed E-state index contributed by atoms with van der Waals surface area (Å²) in [7, 11) is 0. The standard InChI is InChI=1S/C19H26N4O3S2/c1-5-23-17(25)15-12-7-6-11(4)8-13(12)28-16(15)22-19(23)27-9-14(24)21-18(26)20-10(2)3/h10-11H,5-9H2,1-4H3,(H2,20,21,24,26)/t11-/m1/s1. The average molecular weight is 423 g/mol. The second kappa shape index (κ2) is 8.65. The molecule has 3 amide bonds. The van der Waals surface area contributed by atoms with Gasteiger partial charge in [0, 0.05) is 17.5 Å². The van der Waals surface area contributed by atoms with Crippen LogP contribution in [0, 0.1) is 5.92 Å². The molecule has 0 fully saturated rings. The molecule has 0 saturated carbocycles. The van der Waals surface area contributed by atoms with Crippen LogP contribution in [-0.2, 0) is 24.2 Å². The third kappa shape index (κ3) is 4.41. The van der Waals surface area contributed by atoms with Crippen LogP contribution < -0.4 is 16.2 Å². The molecule has 0 aromatic carbocycles. The molecule has 0 unspecified atom stereocenters. The van der Waals surface area contributed by atoms with Gasteiger partial charge in [-0.05, 0) is 51.5 Å². The van der Waals surface area contributed by atoms with Crippen molar-refractivity contribution in [1.82, 2.24) is 20.2 Å². The smallest absolute Gasteiger partial charge is 0.321 e. The zero-order chi connectivity index (χ0) is 20.4. The molecule has 2 aromatic rings. The number of aryl methyl sites for hydroxylation is 1. The zero-order valence-electron chi connectivity index (χ0n) is 16.6. The van der Waals surface area contributed by atoms with E-state index in [1.807, 2.05) is 20.8 Å². The molecule has 1 aliphatic carbocycles. The number of thioether (sulfide) groups is 1. The summed E-state index contributed by atoms with van der Waals surface area (Å²) in [6, 6.07) is -0.570. The lowest BCUT2D eigenvalue weighted by Crippen LogP contribution is -2.43. The van der Waals surface area contributed by atoms with Crippen molar-refractivity contribution in [1.29, 1.82) is 0 Å². The van der Waals surface area contributed by atoms with Crippen molar-refractivity contribution < 1.29 is 9.59 Å². The third-order valence-corrected chi connectivity index (χ3v) is 6.83. The number of hydrogen-bond acceptors (Lipinski definition) is 6. The van der Waals surface area contributed by atoms with Crippen LogP contribution in [0.5, 0.6) is 0 Å². The minimum absolute atomic E-state index is 0.0194. The SMILES string of the molecule is CCn1c(SCC(=O)NC(=O)NC(C)C)nc2sc3c(c2c1=O)CC[C@@H](C)C3. The van der Waals surface area contributed by atoms with Crippen molar-refractivity contribution in [2.24, 2.45) is 5.92 Å². The van der Waals surface area contributed by atoms with Crippen LogP contribution >= 0.6 is 23.1 Å². The lowest BCUT2D eigenvalue weighted by Gasteiger charge is -2.17. The fourth-order valence-electron chi connectivity index (χ4n) is 3.38. The first-order chi connectivity index (χ1) is 13.3. The van der Waals surface area contributed by atoms with Crippen LogP contribution in [0.3, 0.4) is 0 Å². The molecule has 0 bridgehead atoms. The molecule has 7 nitrogen and oxygen atoms in total. The first-order valence-corrected chi connectivity index (χ1v) is 11.4. The van der Waals surface area contributed by atoms with E-state index in [-0.39, 0.29) is 17.4 Å². The van der Waals surface area contributed by atoms with E-state index in [1.165, 1.54) is 16.6 Å². The Labute approximate surface area is 172 Å². The van der Waals surface area contributed by atoms with Crippen LogP contribution in [0.4, 0.5) is 4.79 Å². The Morgan fingerprint density at radius 1 is 1.39 bits per heavy atom. The van der Waals surface area contributed by atoms with Gasteiger partial charge in [-0.1, -0.05) is 18.7 Å². The molecule has 0 aliphatic heterocycles. The number of aromatic nitrogens is 2. The molecule has 2 aromatic heterocycles. The summed E-state index contributed by atoms with van der Waals surface area (Å²) in [5, 5.41) is 6.17. The molecular weight excluding hydrogens is 396 g/mol. The topological polar surface area (TPSA) is 93.1 Å². The normalized spacial score (nSPS) is 16.2. The number of fused-ring (bicyclic) bond motifs is 3. The summed E-state index contributed by atoms with van der Waals surface area (Å²) < 4.78 is 1.62. The van der Waals surface area contributed by atoms with Gasteiger partial charge in [0.2, 0.25) is 5.91 Å². The molecule has 0 saturated heterocycles. The van der Waals surface area contributed by atoms with Gasteiger partial charge in [0.15, 0.2) is 5.16 Å². The number of nitrogens with one attached hydrogen (secondary N) is 2. The highest BCUT2D eigenvalue weighted by Gasteiger charge is 2.24. The van der Waals surface area contributed by atoms with Crippen molar-refractivity contribution in [3.8, 4) is 0 Å². The number of carbonyl (C=O) groups is 2. The number of rotatable bonds is 5. The van der Waals surface area contributed by atoms with Gasteiger partial charge >= 0.3 is 6.03 Å². The van der Waals surface area contributed by atoms with Gasteiger partial charge in [-0.25, -0.2) is 9.78 Å². The molecule has 0 radical (unpaired) electrons. The van der Waals surface area contributed by atoms with Crippen molar-refractivity contribution in [2.45, 2.75) is 64.7 Å². The van der Waals surface area contributed by atoms with Crippen molar-refractivity contribution in [3.05, 3.63) is 20.8 Å². The largest absolute Gasteiger partial charge is 0.336 e. The molecule has 0 spiro atoms.